The van der Waals surface area contributed by atoms with E-state index in [2.05, 4.69) is 20.0 Å². The molecule has 0 N–H and O–H groups in total. The fourth-order valence-corrected chi connectivity index (χ4v) is 5.24. The number of likely N-dealkylation sites (tertiary alicyclic amines) is 2. The molecule has 1 aromatic carbocycles. The molecule has 2 aromatic heterocycles. The number of piperidine rings is 1. The van der Waals surface area contributed by atoms with Gasteiger partial charge in [0.1, 0.15) is 24.4 Å². The SMILES string of the molecule is CS(=O)(=O)c1ccc(-n2ncc3c(OC4CCN(C(=O)OCCN5CCCC5)CC4)ncnc32)cc1. The molecule has 11 nitrogen and oxygen atoms in total. The Balaban J connectivity index is 1.19. The number of rotatable bonds is 7. The Kier molecular flexibility index (Phi) is 7.06. The molecule has 0 spiro atoms. The molecule has 4 heterocycles. The van der Waals surface area contributed by atoms with E-state index in [-0.39, 0.29) is 17.1 Å². The average Bonchev–Trinajstić information content (AvgIpc) is 3.55. The molecule has 0 unspecified atom stereocenters. The molecule has 3 aromatic rings. The number of carbonyl (C=O) groups excluding carboxylic acids is 1. The van der Waals surface area contributed by atoms with Crippen LogP contribution in [0.4, 0.5) is 4.79 Å². The van der Waals surface area contributed by atoms with E-state index in [1.807, 2.05) is 0 Å². The number of hydrogen-bond donors (Lipinski definition) is 0. The summed E-state index contributed by atoms with van der Waals surface area (Å²) in [5, 5.41) is 5.08. The summed E-state index contributed by atoms with van der Waals surface area (Å²) in [6, 6.07) is 6.46. The molecule has 5 rings (SSSR count). The van der Waals surface area contributed by atoms with Crippen molar-refractivity contribution in [3.63, 3.8) is 0 Å². The number of benzene rings is 1. The Hall–Kier alpha value is -3.25. The highest BCUT2D eigenvalue weighted by molar-refractivity contribution is 7.90. The lowest BCUT2D eigenvalue weighted by Gasteiger charge is -2.31. The number of hydrogen-bond acceptors (Lipinski definition) is 9. The number of ether oxygens (including phenoxy) is 2. The average molecular weight is 515 g/mol. The lowest BCUT2D eigenvalue weighted by Crippen LogP contribution is -2.42. The second-order valence-electron chi connectivity index (χ2n) is 9.21. The van der Waals surface area contributed by atoms with Crippen LogP contribution in [0.15, 0.2) is 41.7 Å². The largest absolute Gasteiger partial charge is 0.474 e. The van der Waals surface area contributed by atoms with Crippen LogP contribution in [0.2, 0.25) is 0 Å². The van der Waals surface area contributed by atoms with Crippen LogP contribution in [0, 0.1) is 0 Å². The normalized spacial score (nSPS) is 17.5. The van der Waals surface area contributed by atoms with E-state index in [1.165, 1.54) is 25.4 Å². The van der Waals surface area contributed by atoms with Gasteiger partial charge in [-0.05, 0) is 50.2 Å². The van der Waals surface area contributed by atoms with Gasteiger partial charge in [-0.25, -0.2) is 27.9 Å². The van der Waals surface area contributed by atoms with Crippen molar-refractivity contribution >= 4 is 27.0 Å². The van der Waals surface area contributed by atoms with Crippen molar-refractivity contribution in [2.75, 3.05) is 45.6 Å². The van der Waals surface area contributed by atoms with Gasteiger partial charge in [-0.2, -0.15) is 5.10 Å². The van der Waals surface area contributed by atoms with Gasteiger partial charge < -0.3 is 14.4 Å². The molecule has 2 fully saturated rings. The monoisotopic (exact) mass is 514 g/mol. The first-order valence-electron chi connectivity index (χ1n) is 12.2. The first kappa shape index (κ1) is 24.4. The minimum absolute atomic E-state index is 0.0888. The van der Waals surface area contributed by atoms with Crippen molar-refractivity contribution in [3.05, 3.63) is 36.8 Å². The van der Waals surface area contributed by atoms with Crippen LogP contribution < -0.4 is 4.74 Å². The molecule has 0 radical (unpaired) electrons. The number of fused-ring (bicyclic) bond motifs is 1. The summed E-state index contributed by atoms with van der Waals surface area (Å²) in [5.74, 6) is 0.436. The Morgan fingerprint density at radius 1 is 1.06 bits per heavy atom. The van der Waals surface area contributed by atoms with Crippen LogP contribution in [0.25, 0.3) is 16.7 Å². The van der Waals surface area contributed by atoms with E-state index in [0.717, 1.165) is 19.6 Å². The lowest BCUT2D eigenvalue weighted by atomic mass is 10.1. The Bertz CT molecular complexity index is 1310. The summed E-state index contributed by atoms with van der Waals surface area (Å²) in [5.41, 5.74) is 1.24. The van der Waals surface area contributed by atoms with Crippen LogP contribution in [-0.2, 0) is 14.6 Å². The van der Waals surface area contributed by atoms with E-state index in [0.29, 0.717) is 55.1 Å². The van der Waals surface area contributed by atoms with Crippen LogP contribution in [-0.4, -0.2) is 95.7 Å². The second-order valence-corrected chi connectivity index (χ2v) is 11.2. The third-order valence-electron chi connectivity index (χ3n) is 6.65. The van der Waals surface area contributed by atoms with Gasteiger partial charge in [0.2, 0.25) is 5.88 Å². The molecule has 0 saturated carbocycles. The summed E-state index contributed by atoms with van der Waals surface area (Å²) in [7, 11) is -3.28. The molecular formula is C24H30N6O5S. The Labute approximate surface area is 209 Å². The first-order valence-corrected chi connectivity index (χ1v) is 14.1. The summed E-state index contributed by atoms with van der Waals surface area (Å²) in [4.78, 5) is 25.4. The molecule has 2 aliphatic heterocycles. The van der Waals surface area contributed by atoms with Crippen LogP contribution in [0.3, 0.4) is 0 Å². The zero-order valence-corrected chi connectivity index (χ0v) is 21.1. The van der Waals surface area contributed by atoms with E-state index < -0.39 is 9.84 Å². The van der Waals surface area contributed by atoms with Gasteiger partial charge in [-0.1, -0.05) is 0 Å². The third-order valence-corrected chi connectivity index (χ3v) is 7.78. The minimum Gasteiger partial charge on any atom is -0.474 e. The molecule has 2 saturated heterocycles. The molecule has 1 amide bonds. The number of carbonyl (C=O) groups is 1. The van der Waals surface area contributed by atoms with Gasteiger partial charge in [0, 0.05) is 38.7 Å². The van der Waals surface area contributed by atoms with Gasteiger partial charge in [-0.3, -0.25) is 4.90 Å². The van der Waals surface area contributed by atoms with Crippen molar-refractivity contribution in [3.8, 4) is 11.6 Å². The summed E-state index contributed by atoms with van der Waals surface area (Å²) < 4.78 is 36.8. The first-order chi connectivity index (χ1) is 17.4. The predicted molar refractivity (Wildman–Crippen MR) is 132 cm³/mol. The molecule has 12 heteroatoms. The van der Waals surface area contributed by atoms with E-state index in [1.54, 1.807) is 40.0 Å². The maximum atomic E-state index is 12.4. The smallest absolute Gasteiger partial charge is 0.409 e. The number of amides is 1. The minimum atomic E-state index is -3.28. The number of aromatic nitrogens is 4. The maximum Gasteiger partial charge on any atom is 0.409 e. The number of nitrogens with zero attached hydrogens (tertiary/aromatic N) is 6. The molecule has 0 aliphatic carbocycles. The molecule has 36 heavy (non-hydrogen) atoms. The number of sulfone groups is 1. The van der Waals surface area contributed by atoms with Crippen molar-refractivity contribution in [2.45, 2.75) is 36.7 Å². The van der Waals surface area contributed by atoms with Gasteiger partial charge >= 0.3 is 6.09 Å². The Morgan fingerprint density at radius 2 is 1.78 bits per heavy atom. The summed E-state index contributed by atoms with van der Waals surface area (Å²) >= 11 is 0. The fraction of sp³-hybridized carbons (Fsp3) is 0.500. The zero-order valence-electron chi connectivity index (χ0n) is 20.2. The molecule has 0 atom stereocenters. The molecular weight excluding hydrogens is 484 g/mol. The predicted octanol–water partition coefficient (Wildman–Crippen LogP) is 2.29. The highest BCUT2D eigenvalue weighted by atomic mass is 32.2. The quantitative estimate of drug-likeness (QED) is 0.468. The van der Waals surface area contributed by atoms with Crippen molar-refractivity contribution in [1.29, 1.82) is 0 Å². The highest BCUT2D eigenvalue weighted by Gasteiger charge is 2.26. The lowest BCUT2D eigenvalue weighted by molar-refractivity contribution is 0.0624. The van der Waals surface area contributed by atoms with Crippen LogP contribution in [0.5, 0.6) is 5.88 Å². The maximum absolute atomic E-state index is 12.4. The zero-order chi connectivity index (χ0) is 25.1. The van der Waals surface area contributed by atoms with E-state index in [4.69, 9.17) is 9.47 Å². The second kappa shape index (κ2) is 10.4. The van der Waals surface area contributed by atoms with Gasteiger partial charge in [0.05, 0.1) is 16.8 Å². The Morgan fingerprint density at radius 3 is 2.47 bits per heavy atom. The van der Waals surface area contributed by atoms with Crippen molar-refractivity contribution in [2.24, 2.45) is 0 Å². The van der Waals surface area contributed by atoms with Gasteiger partial charge in [-0.15, -0.1) is 0 Å². The van der Waals surface area contributed by atoms with Crippen LogP contribution in [0.1, 0.15) is 25.7 Å². The van der Waals surface area contributed by atoms with E-state index >= 15 is 0 Å². The molecule has 0 bridgehead atoms. The summed E-state index contributed by atoms with van der Waals surface area (Å²) in [6.07, 6.45) is 7.68. The molecule has 2 aliphatic rings. The standard InChI is InChI=1S/C24H30N6O5S/c1-36(32,33)20-6-4-18(5-7-20)30-22-21(16-27-30)23(26-17-25-22)35-19-8-12-29(13-9-19)24(31)34-15-14-28-10-2-3-11-28/h4-7,16-17,19H,2-3,8-15H2,1H3. The van der Waals surface area contributed by atoms with Gasteiger partial charge in [0.15, 0.2) is 15.5 Å². The van der Waals surface area contributed by atoms with Crippen LogP contribution >= 0.6 is 0 Å². The van der Waals surface area contributed by atoms with Crippen molar-refractivity contribution in [1.82, 2.24) is 29.5 Å². The molecule has 192 valence electrons. The summed E-state index contributed by atoms with van der Waals surface area (Å²) in [6.45, 7) is 4.52. The highest BCUT2D eigenvalue weighted by Crippen LogP contribution is 2.26. The topological polar surface area (TPSA) is 120 Å². The van der Waals surface area contributed by atoms with E-state index in [9.17, 15) is 13.2 Å². The third kappa shape index (κ3) is 5.44. The van der Waals surface area contributed by atoms with Crippen molar-refractivity contribution < 1.29 is 22.7 Å². The van der Waals surface area contributed by atoms with Gasteiger partial charge in [0.25, 0.3) is 0 Å². The fourth-order valence-electron chi connectivity index (χ4n) is 4.61.